The number of hydrogen-bond acceptors (Lipinski definition) is 0. The minimum absolute atomic E-state index is 1.35. The van der Waals surface area contributed by atoms with Crippen LogP contribution in [-0.4, -0.2) is 0 Å². The van der Waals surface area contributed by atoms with Crippen molar-refractivity contribution in [1.82, 2.24) is 0 Å². The first-order valence-corrected chi connectivity index (χ1v) is 10.5. The topological polar surface area (TPSA) is 0 Å². The normalized spacial score (nSPS) is 21.7. The maximum absolute atomic E-state index is 4.97. The molecule has 0 aromatic heterocycles. The summed E-state index contributed by atoms with van der Waals surface area (Å²) >= 11 is -1.92. The van der Waals surface area contributed by atoms with Gasteiger partial charge in [-0.3, -0.25) is 0 Å². The molecular formula is C10H9Cl3Ti+. The molecule has 0 unspecified atom stereocenters. The molecule has 5 radical (unpaired) electrons. The van der Waals surface area contributed by atoms with Gasteiger partial charge in [-0.1, -0.05) is 31.2 Å². The first-order chi connectivity index (χ1) is 6.59. The van der Waals surface area contributed by atoms with E-state index in [2.05, 4.69) is 44.1 Å². The van der Waals surface area contributed by atoms with Gasteiger partial charge in [0.05, 0.1) is 0 Å². The summed E-state index contributed by atoms with van der Waals surface area (Å²) in [5.41, 5.74) is 0. The van der Waals surface area contributed by atoms with E-state index in [0.29, 0.717) is 0 Å². The Morgan fingerprint density at radius 1 is 0.929 bits per heavy atom. The average molecular weight is 283 g/mol. The summed E-state index contributed by atoms with van der Waals surface area (Å²) in [7, 11) is 14.9. The van der Waals surface area contributed by atoms with E-state index in [-0.39, 0.29) is 0 Å². The fourth-order valence-electron chi connectivity index (χ4n) is 1.31. The molecule has 2 aliphatic carbocycles. The van der Waals surface area contributed by atoms with E-state index in [4.69, 9.17) is 27.9 Å². The molecule has 73 valence electrons. The van der Waals surface area contributed by atoms with Crippen LogP contribution in [0.2, 0.25) is 0 Å². The van der Waals surface area contributed by atoms with Crippen LogP contribution >= 0.6 is 27.9 Å². The Hall–Kier alpha value is 1.06. The molecule has 0 aliphatic heterocycles. The van der Waals surface area contributed by atoms with Crippen LogP contribution in [0.5, 0.6) is 0 Å². The molecule has 0 nitrogen and oxygen atoms in total. The van der Waals surface area contributed by atoms with Gasteiger partial charge in [0.25, 0.3) is 0 Å². The zero-order valence-electron chi connectivity index (χ0n) is 7.60. The van der Waals surface area contributed by atoms with Crippen LogP contribution in [0.4, 0.5) is 0 Å². The van der Waals surface area contributed by atoms with E-state index in [9.17, 15) is 0 Å². The van der Waals surface area contributed by atoms with Gasteiger partial charge in [0.2, 0.25) is 0 Å². The third-order valence-electron chi connectivity index (χ3n) is 1.76. The summed E-state index contributed by atoms with van der Waals surface area (Å²) in [5, 5.41) is 0. The van der Waals surface area contributed by atoms with Crippen LogP contribution in [-0.2, 0) is 14.7 Å². The Balaban J connectivity index is 0.000000213. The van der Waals surface area contributed by atoms with Crippen molar-refractivity contribution in [3.63, 3.8) is 0 Å². The molecular weight excluding hydrogens is 274 g/mol. The van der Waals surface area contributed by atoms with E-state index in [0.717, 1.165) is 0 Å². The Labute approximate surface area is 104 Å². The van der Waals surface area contributed by atoms with Gasteiger partial charge in [0.15, 0.2) is 0 Å². The van der Waals surface area contributed by atoms with E-state index >= 15 is 0 Å². The van der Waals surface area contributed by atoms with E-state index in [1.54, 1.807) is 0 Å². The van der Waals surface area contributed by atoms with Crippen LogP contribution in [0.25, 0.3) is 0 Å². The molecule has 2 rings (SSSR count). The molecule has 0 N–H and O–H groups in total. The van der Waals surface area contributed by atoms with Gasteiger partial charge >= 0.3 is 42.6 Å². The van der Waals surface area contributed by atoms with Crippen molar-refractivity contribution in [1.29, 1.82) is 0 Å². The predicted molar refractivity (Wildman–Crippen MR) is 59.8 cm³/mol. The number of fused-ring (bicyclic) bond motifs is 1. The summed E-state index contributed by atoms with van der Waals surface area (Å²) < 4.78 is 0. The molecule has 0 atom stereocenters. The minimum atomic E-state index is -1.92. The van der Waals surface area contributed by atoms with E-state index in [1.807, 2.05) is 0 Å². The van der Waals surface area contributed by atoms with Gasteiger partial charge in [-0.15, -0.1) is 0 Å². The van der Waals surface area contributed by atoms with Crippen molar-refractivity contribution in [3.8, 4) is 0 Å². The fourth-order valence-corrected chi connectivity index (χ4v) is 1.31. The summed E-state index contributed by atoms with van der Waals surface area (Å²) in [4.78, 5) is 0. The van der Waals surface area contributed by atoms with Crippen LogP contribution in [0.1, 0.15) is 6.92 Å². The summed E-state index contributed by atoms with van der Waals surface area (Å²) in [5.74, 6) is 4.04. The molecule has 0 bridgehead atoms. The molecule has 1 fully saturated rings. The average Bonchev–Trinajstić information content (AvgIpc) is 2.42. The third-order valence-corrected chi connectivity index (χ3v) is 1.76. The quantitative estimate of drug-likeness (QED) is 0.580. The second-order valence-electron chi connectivity index (χ2n) is 2.88. The SMILES string of the molecule is C[C]1[CH][C]2C=CC=C[C]2[CH]1.[Cl][Ti+]([Cl])[Cl]. The van der Waals surface area contributed by atoms with Crippen molar-refractivity contribution < 1.29 is 14.7 Å². The van der Waals surface area contributed by atoms with Gasteiger partial charge in [0, 0.05) is 11.8 Å². The second-order valence-corrected chi connectivity index (χ2v) is 10.6. The molecule has 0 aromatic rings. The van der Waals surface area contributed by atoms with E-state index in [1.165, 1.54) is 17.8 Å². The zero-order chi connectivity index (χ0) is 10.6. The number of rotatable bonds is 0. The van der Waals surface area contributed by atoms with E-state index < -0.39 is 14.7 Å². The Morgan fingerprint density at radius 2 is 1.29 bits per heavy atom. The second kappa shape index (κ2) is 6.60. The Bertz CT molecular complexity index is 203. The predicted octanol–water partition coefficient (Wildman–Crippen LogP) is 4.34. The van der Waals surface area contributed by atoms with Crippen molar-refractivity contribution in [2.45, 2.75) is 6.92 Å². The Morgan fingerprint density at radius 3 is 1.64 bits per heavy atom. The molecule has 0 heterocycles. The monoisotopic (exact) mass is 282 g/mol. The summed E-state index contributed by atoms with van der Waals surface area (Å²) in [6.07, 6.45) is 12.8. The van der Waals surface area contributed by atoms with Crippen molar-refractivity contribution >= 4 is 27.9 Å². The third kappa shape index (κ3) is 4.72. The van der Waals surface area contributed by atoms with Gasteiger partial charge < -0.3 is 0 Å². The maximum atomic E-state index is 4.97. The molecule has 0 spiro atoms. The molecule has 0 aromatic carbocycles. The zero-order valence-corrected chi connectivity index (χ0v) is 11.4. The van der Waals surface area contributed by atoms with Crippen LogP contribution in [0.15, 0.2) is 24.3 Å². The summed E-state index contributed by atoms with van der Waals surface area (Å²) in [6.45, 7) is 2.12. The van der Waals surface area contributed by atoms with Gasteiger partial charge in [-0.05, 0) is 18.8 Å². The first-order valence-electron chi connectivity index (χ1n) is 4.05. The van der Waals surface area contributed by atoms with Crippen LogP contribution in [0.3, 0.4) is 0 Å². The number of hydrogen-bond donors (Lipinski definition) is 0. The summed E-state index contributed by atoms with van der Waals surface area (Å²) in [6, 6.07) is 0. The first kappa shape index (κ1) is 13.1. The Kier molecular flexibility index (Phi) is 6.19. The van der Waals surface area contributed by atoms with Crippen molar-refractivity contribution in [2.75, 3.05) is 0 Å². The molecule has 4 heteroatoms. The molecule has 0 amide bonds. The van der Waals surface area contributed by atoms with Gasteiger partial charge in [-0.2, -0.15) is 0 Å². The van der Waals surface area contributed by atoms with Crippen LogP contribution < -0.4 is 0 Å². The fraction of sp³-hybridized carbons (Fsp3) is 0.100. The number of halogens is 3. The van der Waals surface area contributed by atoms with Crippen molar-refractivity contribution in [3.05, 3.63) is 54.9 Å². The number of allylic oxidation sites excluding steroid dienone is 4. The molecule has 0 saturated heterocycles. The van der Waals surface area contributed by atoms with Gasteiger partial charge in [0.1, 0.15) is 0 Å². The molecule has 14 heavy (non-hydrogen) atoms. The van der Waals surface area contributed by atoms with Gasteiger partial charge in [-0.25, -0.2) is 0 Å². The van der Waals surface area contributed by atoms with Crippen molar-refractivity contribution in [2.24, 2.45) is 0 Å². The molecule has 1 saturated carbocycles. The molecule has 2 aliphatic rings. The van der Waals surface area contributed by atoms with Crippen LogP contribution in [0, 0.1) is 30.6 Å². The standard InChI is InChI=1S/C10H9.3ClH.Ti/c1-8-6-9-4-2-3-5-10(9)7-8;;;;/h2-7H,1H3;3*1H;/q;;;;+4/p-3.